The molecular formula is C20H24N2O3. The van der Waals surface area contributed by atoms with Crippen molar-refractivity contribution in [3.8, 4) is 11.5 Å². The van der Waals surface area contributed by atoms with Gasteiger partial charge in [0.15, 0.2) is 11.5 Å². The van der Waals surface area contributed by atoms with Crippen molar-refractivity contribution in [3.05, 3.63) is 47.5 Å². The summed E-state index contributed by atoms with van der Waals surface area (Å²) in [6.07, 6.45) is 1.81. The second kappa shape index (κ2) is 7.47. The summed E-state index contributed by atoms with van der Waals surface area (Å²) in [7, 11) is 0. The highest BCUT2D eigenvalue weighted by molar-refractivity contribution is 6.07. The molecule has 0 saturated carbocycles. The Kier molecular flexibility index (Phi) is 5.12. The molecule has 0 spiro atoms. The minimum Gasteiger partial charge on any atom is -0.490 e. The van der Waals surface area contributed by atoms with Gasteiger partial charge in [0.1, 0.15) is 0 Å². The zero-order valence-corrected chi connectivity index (χ0v) is 14.7. The number of rotatable bonds is 5. The molecule has 0 bridgehead atoms. The van der Waals surface area contributed by atoms with Crippen molar-refractivity contribution in [1.29, 1.82) is 0 Å². The first-order valence-electron chi connectivity index (χ1n) is 8.74. The molecule has 5 heteroatoms. The van der Waals surface area contributed by atoms with Gasteiger partial charge in [-0.3, -0.25) is 4.79 Å². The van der Waals surface area contributed by atoms with Crippen molar-refractivity contribution >= 4 is 17.3 Å². The molecule has 1 aliphatic rings. The summed E-state index contributed by atoms with van der Waals surface area (Å²) in [5.74, 6) is 1.21. The number of fused-ring (bicyclic) bond motifs is 1. The van der Waals surface area contributed by atoms with Gasteiger partial charge in [-0.2, -0.15) is 0 Å². The number of amides is 1. The van der Waals surface area contributed by atoms with E-state index in [1.54, 1.807) is 23.1 Å². The van der Waals surface area contributed by atoms with Crippen LogP contribution in [0.3, 0.4) is 0 Å². The number of carbonyl (C=O) groups is 1. The van der Waals surface area contributed by atoms with E-state index < -0.39 is 0 Å². The molecule has 132 valence electrons. The molecular weight excluding hydrogens is 316 g/mol. The number of nitrogen functional groups attached to an aromatic ring is 1. The average Bonchev–Trinajstić information content (AvgIpc) is 2.63. The fourth-order valence-corrected chi connectivity index (χ4v) is 3.20. The summed E-state index contributed by atoms with van der Waals surface area (Å²) in [5, 5.41) is 0. The Morgan fingerprint density at radius 1 is 1.12 bits per heavy atom. The molecule has 1 heterocycles. The van der Waals surface area contributed by atoms with Gasteiger partial charge in [0, 0.05) is 23.5 Å². The molecule has 0 fully saturated rings. The molecule has 0 radical (unpaired) electrons. The molecule has 1 amide bonds. The van der Waals surface area contributed by atoms with E-state index in [9.17, 15) is 4.79 Å². The SMILES string of the molecule is CCOc1ccc(C(=O)N2CCCc3c(N)cccc32)cc1OCC. The molecule has 2 aromatic rings. The maximum Gasteiger partial charge on any atom is 0.258 e. The Morgan fingerprint density at radius 2 is 1.88 bits per heavy atom. The topological polar surface area (TPSA) is 64.8 Å². The van der Waals surface area contributed by atoms with Crippen LogP contribution in [0.25, 0.3) is 0 Å². The molecule has 3 rings (SSSR count). The van der Waals surface area contributed by atoms with Crippen molar-refractivity contribution in [1.82, 2.24) is 0 Å². The van der Waals surface area contributed by atoms with Crippen LogP contribution in [0.15, 0.2) is 36.4 Å². The van der Waals surface area contributed by atoms with E-state index in [0.717, 1.165) is 29.8 Å². The number of nitrogens with two attached hydrogens (primary N) is 1. The molecule has 25 heavy (non-hydrogen) atoms. The highest BCUT2D eigenvalue weighted by Gasteiger charge is 2.25. The predicted octanol–water partition coefficient (Wildman–Crippen LogP) is 3.66. The standard InChI is InChI=1S/C20H24N2O3/c1-3-24-18-11-10-14(13-19(18)25-4-2)20(23)22-12-6-7-15-16(21)8-5-9-17(15)22/h5,8-11,13H,3-4,6-7,12,21H2,1-2H3. The third kappa shape index (κ3) is 3.40. The smallest absolute Gasteiger partial charge is 0.258 e. The Hall–Kier alpha value is -2.69. The van der Waals surface area contributed by atoms with Gasteiger partial charge in [-0.1, -0.05) is 6.07 Å². The molecule has 0 aromatic heterocycles. The van der Waals surface area contributed by atoms with Crippen LogP contribution >= 0.6 is 0 Å². The number of hydrogen-bond donors (Lipinski definition) is 1. The minimum atomic E-state index is -0.0458. The van der Waals surface area contributed by atoms with Gasteiger partial charge in [-0.25, -0.2) is 0 Å². The molecule has 1 aliphatic heterocycles. The van der Waals surface area contributed by atoms with Crippen LogP contribution in [0.4, 0.5) is 11.4 Å². The summed E-state index contributed by atoms with van der Waals surface area (Å²) < 4.78 is 11.2. The minimum absolute atomic E-state index is 0.0458. The number of ether oxygens (including phenoxy) is 2. The van der Waals surface area contributed by atoms with E-state index in [1.165, 1.54) is 0 Å². The molecule has 2 N–H and O–H groups in total. The molecule has 0 aliphatic carbocycles. The predicted molar refractivity (Wildman–Crippen MR) is 99.6 cm³/mol. The third-order valence-corrected chi connectivity index (χ3v) is 4.32. The van der Waals surface area contributed by atoms with E-state index in [2.05, 4.69) is 0 Å². The summed E-state index contributed by atoms with van der Waals surface area (Å²) in [4.78, 5) is 14.9. The molecule has 2 aromatic carbocycles. The second-order valence-corrected chi connectivity index (χ2v) is 5.93. The maximum atomic E-state index is 13.1. The van der Waals surface area contributed by atoms with E-state index in [-0.39, 0.29) is 5.91 Å². The number of anilines is 2. The van der Waals surface area contributed by atoms with E-state index in [1.807, 2.05) is 32.0 Å². The Balaban J connectivity index is 1.94. The summed E-state index contributed by atoms with van der Waals surface area (Å²) in [5.41, 5.74) is 9.38. The number of hydrogen-bond acceptors (Lipinski definition) is 4. The first-order valence-corrected chi connectivity index (χ1v) is 8.74. The fourth-order valence-electron chi connectivity index (χ4n) is 3.20. The van der Waals surface area contributed by atoms with Crippen LogP contribution in [0.1, 0.15) is 36.2 Å². The maximum absolute atomic E-state index is 13.1. The third-order valence-electron chi connectivity index (χ3n) is 4.32. The number of benzene rings is 2. The van der Waals surface area contributed by atoms with Gasteiger partial charge in [0.25, 0.3) is 5.91 Å². The van der Waals surface area contributed by atoms with Crippen LogP contribution in [-0.4, -0.2) is 25.7 Å². The van der Waals surface area contributed by atoms with Crippen molar-refractivity contribution < 1.29 is 14.3 Å². The van der Waals surface area contributed by atoms with Crippen molar-refractivity contribution in [2.75, 3.05) is 30.4 Å². The molecule has 0 saturated heterocycles. The number of nitrogens with zero attached hydrogens (tertiary/aromatic N) is 1. The van der Waals surface area contributed by atoms with Crippen molar-refractivity contribution in [2.24, 2.45) is 0 Å². The second-order valence-electron chi connectivity index (χ2n) is 5.93. The lowest BCUT2D eigenvalue weighted by Gasteiger charge is -2.30. The van der Waals surface area contributed by atoms with Gasteiger partial charge in [0.05, 0.1) is 13.2 Å². The van der Waals surface area contributed by atoms with E-state index >= 15 is 0 Å². The van der Waals surface area contributed by atoms with Gasteiger partial charge in [-0.05, 0) is 62.6 Å². The molecule has 0 unspecified atom stereocenters. The molecule has 5 nitrogen and oxygen atoms in total. The van der Waals surface area contributed by atoms with Crippen molar-refractivity contribution in [3.63, 3.8) is 0 Å². The molecule has 0 atom stereocenters. The lowest BCUT2D eigenvalue weighted by molar-refractivity contribution is 0.0984. The van der Waals surface area contributed by atoms with E-state index in [4.69, 9.17) is 15.2 Å². The summed E-state index contributed by atoms with van der Waals surface area (Å²) >= 11 is 0. The summed E-state index contributed by atoms with van der Waals surface area (Å²) in [6.45, 7) is 5.58. The Morgan fingerprint density at radius 3 is 2.64 bits per heavy atom. The first-order chi connectivity index (χ1) is 12.2. The highest BCUT2D eigenvalue weighted by Crippen LogP contribution is 2.34. The fraction of sp³-hybridized carbons (Fsp3) is 0.350. The van der Waals surface area contributed by atoms with Crippen LogP contribution in [0.5, 0.6) is 11.5 Å². The van der Waals surface area contributed by atoms with Crippen LogP contribution in [0.2, 0.25) is 0 Å². The van der Waals surface area contributed by atoms with Crippen LogP contribution < -0.4 is 20.1 Å². The zero-order chi connectivity index (χ0) is 17.8. The largest absolute Gasteiger partial charge is 0.490 e. The summed E-state index contributed by atoms with van der Waals surface area (Å²) in [6, 6.07) is 11.1. The first kappa shape index (κ1) is 17.1. The van der Waals surface area contributed by atoms with Gasteiger partial charge >= 0.3 is 0 Å². The van der Waals surface area contributed by atoms with Crippen molar-refractivity contribution in [2.45, 2.75) is 26.7 Å². The van der Waals surface area contributed by atoms with Gasteiger partial charge in [-0.15, -0.1) is 0 Å². The zero-order valence-electron chi connectivity index (χ0n) is 14.7. The Labute approximate surface area is 148 Å². The van der Waals surface area contributed by atoms with E-state index in [0.29, 0.717) is 36.8 Å². The van der Waals surface area contributed by atoms with Gasteiger partial charge < -0.3 is 20.1 Å². The number of carbonyl (C=O) groups excluding carboxylic acids is 1. The average molecular weight is 340 g/mol. The monoisotopic (exact) mass is 340 g/mol. The van der Waals surface area contributed by atoms with Gasteiger partial charge in [0.2, 0.25) is 0 Å². The lowest BCUT2D eigenvalue weighted by Crippen LogP contribution is -2.35. The quantitative estimate of drug-likeness (QED) is 0.844. The lowest BCUT2D eigenvalue weighted by atomic mass is 9.99. The van der Waals surface area contributed by atoms with Crippen LogP contribution in [-0.2, 0) is 6.42 Å². The normalized spacial score (nSPS) is 13.3. The highest BCUT2D eigenvalue weighted by atomic mass is 16.5. The Bertz CT molecular complexity index is 774. The van der Waals surface area contributed by atoms with Crippen LogP contribution in [0, 0.1) is 0 Å².